The number of nitrogen functional groups attached to an aromatic ring is 1. The van der Waals surface area contributed by atoms with Gasteiger partial charge < -0.3 is 15.8 Å². The van der Waals surface area contributed by atoms with E-state index in [4.69, 9.17) is 10.5 Å². The minimum Gasteiger partial charge on any atom is -0.493 e. The largest absolute Gasteiger partial charge is 0.493 e. The lowest BCUT2D eigenvalue weighted by atomic mass is 10.0. The number of hydrogen-bond acceptors (Lipinski definition) is 6. The molecule has 0 atom stereocenters. The van der Waals surface area contributed by atoms with Crippen molar-refractivity contribution < 1.29 is 13.9 Å². The van der Waals surface area contributed by atoms with E-state index in [2.05, 4.69) is 20.4 Å². The van der Waals surface area contributed by atoms with Gasteiger partial charge >= 0.3 is 0 Å². The lowest BCUT2D eigenvalue weighted by molar-refractivity contribution is 0.0950. The van der Waals surface area contributed by atoms with Crippen molar-refractivity contribution in [2.75, 3.05) is 12.3 Å². The van der Waals surface area contributed by atoms with Gasteiger partial charge in [-0.2, -0.15) is 4.98 Å². The SMILES string of the molecule is Cc1ncc(C(=O)NCc2cc(F)ccc2OCC2CCCC2)cc1-c1ccn2nc(N)nc2c1. The summed E-state index contributed by atoms with van der Waals surface area (Å²) < 4.78 is 21.5. The predicted octanol–water partition coefficient (Wildman–Crippen LogP) is 4.32. The van der Waals surface area contributed by atoms with Crippen molar-refractivity contribution in [1.82, 2.24) is 24.9 Å². The number of hydrogen-bond donors (Lipinski definition) is 2. The molecule has 1 amide bonds. The summed E-state index contributed by atoms with van der Waals surface area (Å²) in [5.41, 5.74) is 9.70. The number of carbonyl (C=O) groups excluding carboxylic acids is 1. The van der Waals surface area contributed by atoms with E-state index in [0.29, 0.717) is 35.0 Å². The summed E-state index contributed by atoms with van der Waals surface area (Å²) in [5, 5.41) is 6.96. The van der Waals surface area contributed by atoms with Crippen LogP contribution in [0.2, 0.25) is 0 Å². The Bertz CT molecular complexity index is 1380. The van der Waals surface area contributed by atoms with Crippen LogP contribution in [-0.4, -0.2) is 32.1 Å². The number of aryl methyl sites for hydroxylation is 1. The number of nitrogens with two attached hydrogens (primary N) is 1. The zero-order chi connectivity index (χ0) is 24.4. The summed E-state index contributed by atoms with van der Waals surface area (Å²) in [4.78, 5) is 21.6. The molecule has 1 aromatic carbocycles. The van der Waals surface area contributed by atoms with Gasteiger partial charge in [0.1, 0.15) is 11.6 Å². The van der Waals surface area contributed by atoms with Crippen molar-refractivity contribution in [1.29, 1.82) is 0 Å². The van der Waals surface area contributed by atoms with Crippen LogP contribution in [0.3, 0.4) is 0 Å². The smallest absolute Gasteiger partial charge is 0.253 e. The molecule has 3 N–H and O–H groups in total. The monoisotopic (exact) mass is 474 g/mol. The molecule has 0 saturated heterocycles. The zero-order valence-corrected chi connectivity index (χ0v) is 19.5. The Labute approximate surface area is 202 Å². The second-order valence-corrected chi connectivity index (χ2v) is 8.94. The normalized spacial score (nSPS) is 13.9. The van der Waals surface area contributed by atoms with E-state index in [1.807, 2.05) is 19.1 Å². The second kappa shape index (κ2) is 9.69. The first kappa shape index (κ1) is 22.8. The van der Waals surface area contributed by atoms with Crippen LogP contribution >= 0.6 is 0 Å². The minimum absolute atomic E-state index is 0.144. The topological polar surface area (TPSA) is 107 Å². The Morgan fingerprint density at radius 2 is 2.06 bits per heavy atom. The third kappa shape index (κ3) is 5.08. The highest BCUT2D eigenvalue weighted by atomic mass is 19.1. The van der Waals surface area contributed by atoms with Crippen molar-refractivity contribution >= 4 is 17.5 Å². The van der Waals surface area contributed by atoms with Crippen LogP contribution in [0.25, 0.3) is 16.8 Å². The highest BCUT2D eigenvalue weighted by Gasteiger charge is 2.17. The van der Waals surface area contributed by atoms with Crippen LogP contribution in [0, 0.1) is 18.7 Å². The van der Waals surface area contributed by atoms with Crippen LogP contribution < -0.4 is 15.8 Å². The molecule has 8 nitrogen and oxygen atoms in total. The molecular weight excluding hydrogens is 447 g/mol. The van der Waals surface area contributed by atoms with Crippen LogP contribution in [0.15, 0.2) is 48.8 Å². The molecule has 4 aromatic rings. The first-order valence-corrected chi connectivity index (χ1v) is 11.7. The van der Waals surface area contributed by atoms with Gasteiger partial charge in [-0.3, -0.25) is 9.78 Å². The van der Waals surface area contributed by atoms with E-state index in [1.54, 1.807) is 22.8 Å². The fourth-order valence-corrected chi connectivity index (χ4v) is 4.51. The van der Waals surface area contributed by atoms with Crippen molar-refractivity contribution in [3.63, 3.8) is 0 Å². The first-order chi connectivity index (χ1) is 17.0. The number of halogens is 1. The predicted molar refractivity (Wildman–Crippen MR) is 130 cm³/mol. The van der Waals surface area contributed by atoms with Gasteiger partial charge in [-0.15, -0.1) is 5.10 Å². The molecule has 35 heavy (non-hydrogen) atoms. The maximum Gasteiger partial charge on any atom is 0.253 e. The maximum atomic E-state index is 13.9. The Hall–Kier alpha value is -4.01. The van der Waals surface area contributed by atoms with Crippen LogP contribution in [0.4, 0.5) is 10.3 Å². The number of anilines is 1. The van der Waals surface area contributed by atoms with E-state index in [0.717, 1.165) is 29.7 Å². The van der Waals surface area contributed by atoms with Crippen molar-refractivity contribution in [2.24, 2.45) is 5.92 Å². The Kier molecular flexibility index (Phi) is 6.31. The zero-order valence-electron chi connectivity index (χ0n) is 19.5. The van der Waals surface area contributed by atoms with Gasteiger partial charge in [-0.1, -0.05) is 12.8 Å². The fraction of sp³-hybridized carbons (Fsp3) is 0.308. The number of ether oxygens (including phenoxy) is 1. The average molecular weight is 475 g/mol. The summed E-state index contributed by atoms with van der Waals surface area (Å²) in [6, 6.07) is 9.91. The third-order valence-electron chi connectivity index (χ3n) is 6.43. The summed E-state index contributed by atoms with van der Waals surface area (Å²) in [6.45, 7) is 2.63. The molecular formula is C26H27FN6O2. The van der Waals surface area contributed by atoms with Gasteiger partial charge in [0.2, 0.25) is 5.95 Å². The van der Waals surface area contributed by atoms with Gasteiger partial charge in [0, 0.05) is 35.8 Å². The molecule has 0 unspecified atom stereocenters. The number of carbonyl (C=O) groups is 1. The Balaban J connectivity index is 1.32. The number of benzene rings is 1. The quantitative estimate of drug-likeness (QED) is 0.413. The molecule has 0 bridgehead atoms. The lowest BCUT2D eigenvalue weighted by Gasteiger charge is -2.15. The Morgan fingerprint density at radius 3 is 2.89 bits per heavy atom. The molecule has 1 aliphatic rings. The van der Waals surface area contributed by atoms with Crippen molar-refractivity contribution in [3.05, 3.63) is 71.4 Å². The standard InChI is InChI=1S/C26H27FN6O2/c1-16-22(18-8-9-33-24(12-18)31-26(28)32-33)11-20(14-29-16)25(34)30-13-19-10-21(27)6-7-23(19)35-15-17-4-2-3-5-17/h6-12,14,17H,2-5,13,15H2,1H3,(H2,28,32)(H,30,34). The van der Waals surface area contributed by atoms with E-state index in [9.17, 15) is 9.18 Å². The lowest BCUT2D eigenvalue weighted by Crippen LogP contribution is -2.23. The number of pyridine rings is 2. The number of nitrogens with zero attached hydrogens (tertiary/aromatic N) is 4. The maximum absolute atomic E-state index is 13.9. The highest BCUT2D eigenvalue weighted by Crippen LogP contribution is 2.28. The van der Waals surface area contributed by atoms with Gasteiger partial charge in [-0.05, 0) is 67.6 Å². The number of nitrogens with one attached hydrogen (secondary N) is 1. The molecule has 0 aliphatic heterocycles. The van der Waals surface area contributed by atoms with Gasteiger partial charge in [-0.25, -0.2) is 8.91 Å². The van der Waals surface area contributed by atoms with Crippen LogP contribution in [-0.2, 0) is 6.54 Å². The van der Waals surface area contributed by atoms with Crippen LogP contribution in [0.1, 0.15) is 47.3 Å². The van der Waals surface area contributed by atoms with Gasteiger partial charge in [0.05, 0.1) is 12.2 Å². The summed E-state index contributed by atoms with van der Waals surface area (Å²) in [7, 11) is 0. The number of fused-ring (bicyclic) bond motifs is 1. The van der Waals surface area contributed by atoms with Gasteiger partial charge in [0.25, 0.3) is 5.91 Å². The minimum atomic E-state index is -0.369. The molecule has 9 heteroatoms. The van der Waals surface area contributed by atoms with Crippen molar-refractivity contribution in [3.8, 4) is 16.9 Å². The molecule has 1 saturated carbocycles. The average Bonchev–Trinajstić information content (AvgIpc) is 3.50. The molecule has 3 aromatic heterocycles. The molecule has 5 rings (SSSR count). The van der Waals surface area contributed by atoms with E-state index in [1.165, 1.54) is 31.2 Å². The van der Waals surface area contributed by atoms with E-state index >= 15 is 0 Å². The molecule has 3 heterocycles. The van der Waals surface area contributed by atoms with Gasteiger partial charge in [0.15, 0.2) is 5.65 Å². The molecule has 0 spiro atoms. The third-order valence-corrected chi connectivity index (χ3v) is 6.43. The summed E-state index contributed by atoms with van der Waals surface area (Å²) in [6.07, 6.45) is 8.07. The number of rotatable bonds is 7. The fourth-order valence-electron chi connectivity index (χ4n) is 4.51. The number of amides is 1. The first-order valence-electron chi connectivity index (χ1n) is 11.7. The number of aromatic nitrogens is 4. The molecule has 1 fully saturated rings. The molecule has 180 valence electrons. The Morgan fingerprint density at radius 1 is 1.23 bits per heavy atom. The highest BCUT2D eigenvalue weighted by molar-refractivity contribution is 5.95. The van der Waals surface area contributed by atoms with Crippen LogP contribution in [0.5, 0.6) is 5.75 Å². The van der Waals surface area contributed by atoms with Crippen molar-refractivity contribution in [2.45, 2.75) is 39.2 Å². The van der Waals surface area contributed by atoms with E-state index in [-0.39, 0.29) is 24.2 Å². The van der Waals surface area contributed by atoms with E-state index < -0.39 is 0 Å². The summed E-state index contributed by atoms with van der Waals surface area (Å²) >= 11 is 0. The summed E-state index contributed by atoms with van der Waals surface area (Å²) in [5.74, 6) is 0.646. The molecule has 0 radical (unpaired) electrons. The molecule has 1 aliphatic carbocycles. The second-order valence-electron chi connectivity index (χ2n) is 8.94.